The topological polar surface area (TPSA) is 46.3 Å². The van der Waals surface area contributed by atoms with Gasteiger partial charge in [0.1, 0.15) is 0 Å². The summed E-state index contributed by atoms with van der Waals surface area (Å²) in [5.74, 6) is 0.227. The fourth-order valence-electron chi connectivity index (χ4n) is 2.01. The molecule has 1 saturated heterocycles. The highest BCUT2D eigenvalue weighted by atomic mass is 16.2. The number of nitrogens with two attached hydrogens (primary N) is 1. The normalized spacial score (nSPS) is 16.0. The highest BCUT2D eigenvalue weighted by molar-refractivity contribution is 5.77. The third kappa shape index (κ3) is 2.42. The lowest BCUT2D eigenvalue weighted by atomic mass is 10.0. The largest absolute Gasteiger partial charge is 0.339 e. The van der Waals surface area contributed by atoms with Crippen LogP contribution in [0.4, 0.5) is 0 Å². The molecule has 0 aliphatic carbocycles. The van der Waals surface area contributed by atoms with Gasteiger partial charge in [-0.25, -0.2) is 0 Å². The summed E-state index contributed by atoms with van der Waals surface area (Å²) in [6, 6.07) is 8.41. The first-order valence-corrected chi connectivity index (χ1v) is 5.74. The van der Waals surface area contributed by atoms with E-state index in [1.165, 1.54) is 11.1 Å². The summed E-state index contributed by atoms with van der Waals surface area (Å²) in [5, 5.41) is 0. The molecule has 2 N–H and O–H groups in total. The average Bonchev–Trinajstić information content (AvgIpc) is 2.23. The van der Waals surface area contributed by atoms with E-state index in [4.69, 9.17) is 5.73 Å². The first-order chi connectivity index (χ1) is 7.66. The van der Waals surface area contributed by atoms with Gasteiger partial charge in [0.25, 0.3) is 0 Å². The van der Waals surface area contributed by atoms with Crippen LogP contribution < -0.4 is 5.73 Å². The number of carbonyl (C=O) groups is 1. The predicted molar refractivity (Wildman–Crippen MR) is 64.1 cm³/mol. The number of hydrogen-bond donors (Lipinski definition) is 1. The highest BCUT2D eigenvalue weighted by Crippen LogP contribution is 2.13. The summed E-state index contributed by atoms with van der Waals surface area (Å²) >= 11 is 0. The molecule has 1 heterocycles. The van der Waals surface area contributed by atoms with Crippen LogP contribution in [0.5, 0.6) is 0 Å². The van der Waals surface area contributed by atoms with Crippen LogP contribution in [0.1, 0.15) is 17.5 Å². The lowest BCUT2D eigenvalue weighted by Crippen LogP contribution is -2.57. The van der Waals surface area contributed by atoms with Gasteiger partial charge in [0, 0.05) is 25.6 Å². The van der Waals surface area contributed by atoms with E-state index < -0.39 is 0 Å². The van der Waals surface area contributed by atoms with Crippen LogP contribution in [0, 0.1) is 6.92 Å². The third-order valence-electron chi connectivity index (χ3n) is 3.13. The number of likely N-dealkylation sites (tertiary alicyclic amines) is 1. The molecule has 1 amide bonds. The quantitative estimate of drug-likeness (QED) is 0.825. The summed E-state index contributed by atoms with van der Waals surface area (Å²) < 4.78 is 0. The van der Waals surface area contributed by atoms with Crippen molar-refractivity contribution in [1.82, 2.24) is 4.90 Å². The lowest BCUT2D eigenvalue weighted by molar-refractivity contribution is -0.135. The molecule has 0 saturated carbocycles. The van der Waals surface area contributed by atoms with E-state index in [0.29, 0.717) is 6.42 Å². The van der Waals surface area contributed by atoms with E-state index in [0.717, 1.165) is 19.5 Å². The van der Waals surface area contributed by atoms with Gasteiger partial charge in [0.05, 0.1) is 0 Å². The van der Waals surface area contributed by atoms with Crippen molar-refractivity contribution >= 4 is 5.91 Å². The molecule has 0 aromatic heterocycles. The summed E-state index contributed by atoms with van der Waals surface area (Å²) in [4.78, 5) is 13.6. The first kappa shape index (κ1) is 11.1. The number of nitrogens with zero attached hydrogens (tertiary/aromatic N) is 1. The second-order valence-electron chi connectivity index (χ2n) is 4.49. The van der Waals surface area contributed by atoms with E-state index in [2.05, 4.69) is 19.1 Å². The van der Waals surface area contributed by atoms with Gasteiger partial charge in [0.2, 0.25) is 5.91 Å². The average molecular weight is 218 g/mol. The molecule has 0 atom stereocenters. The van der Waals surface area contributed by atoms with Crippen LogP contribution in [0.3, 0.4) is 0 Å². The summed E-state index contributed by atoms with van der Waals surface area (Å²) in [6.45, 7) is 3.54. The Labute approximate surface area is 96.2 Å². The predicted octanol–water partition coefficient (Wildman–Crippen LogP) is 1.10. The molecule has 0 radical (unpaired) electrons. The summed E-state index contributed by atoms with van der Waals surface area (Å²) in [5.41, 5.74) is 8.17. The van der Waals surface area contributed by atoms with Gasteiger partial charge in [0.15, 0.2) is 0 Å². The Morgan fingerprint density at radius 2 is 2.12 bits per heavy atom. The minimum Gasteiger partial charge on any atom is -0.339 e. The Morgan fingerprint density at radius 1 is 1.44 bits per heavy atom. The fourth-order valence-corrected chi connectivity index (χ4v) is 2.01. The molecular formula is C13H18N2O. The number of benzene rings is 1. The van der Waals surface area contributed by atoms with Crippen LogP contribution in [0.15, 0.2) is 24.3 Å². The molecule has 1 aliphatic heterocycles. The second kappa shape index (κ2) is 4.66. The van der Waals surface area contributed by atoms with Crippen molar-refractivity contribution in [1.29, 1.82) is 0 Å². The van der Waals surface area contributed by atoms with E-state index in [1.54, 1.807) is 0 Å². The maximum Gasteiger partial charge on any atom is 0.223 e. The fraction of sp³-hybridized carbons (Fsp3) is 0.462. The van der Waals surface area contributed by atoms with Crippen molar-refractivity contribution in [3.63, 3.8) is 0 Å². The first-order valence-electron chi connectivity index (χ1n) is 5.74. The number of rotatable bonds is 3. The molecule has 2 rings (SSSR count). The molecule has 1 aromatic carbocycles. The molecule has 1 aromatic rings. The Kier molecular flexibility index (Phi) is 3.25. The Balaban J connectivity index is 1.83. The van der Waals surface area contributed by atoms with Gasteiger partial charge in [-0.05, 0) is 24.5 Å². The van der Waals surface area contributed by atoms with Gasteiger partial charge in [-0.15, -0.1) is 0 Å². The van der Waals surface area contributed by atoms with Gasteiger partial charge in [-0.1, -0.05) is 24.3 Å². The van der Waals surface area contributed by atoms with Crippen molar-refractivity contribution in [3.05, 3.63) is 35.4 Å². The number of amides is 1. The smallest absolute Gasteiger partial charge is 0.223 e. The molecule has 1 fully saturated rings. The molecule has 86 valence electrons. The van der Waals surface area contributed by atoms with E-state index >= 15 is 0 Å². The van der Waals surface area contributed by atoms with Crippen molar-refractivity contribution in [2.75, 3.05) is 13.1 Å². The zero-order valence-electron chi connectivity index (χ0n) is 9.65. The van der Waals surface area contributed by atoms with Crippen LogP contribution >= 0.6 is 0 Å². The molecule has 16 heavy (non-hydrogen) atoms. The zero-order chi connectivity index (χ0) is 11.5. The minimum absolute atomic E-state index is 0.197. The maximum absolute atomic E-state index is 11.7. The number of hydrogen-bond acceptors (Lipinski definition) is 2. The van der Waals surface area contributed by atoms with Gasteiger partial charge in [-0.2, -0.15) is 0 Å². The van der Waals surface area contributed by atoms with Crippen molar-refractivity contribution in [3.8, 4) is 0 Å². The van der Waals surface area contributed by atoms with Crippen molar-refractivity contribution < 1.29 is 4.79 Å². The standard InChI is InChI=1S/C13H18N2O/c1-10-4-2-3-5-11(10)6-7-13(16)15-8-12(14)9-15/h2-5,12H,6-9,14H2,1H3. The van der Waals surface area contributed by atoms with Crippen molar-refractivity contribution in [2.45, 2.75) is 25.8 Å². The Morgan fingerprint density at radius 3 is 2.75 bits per heavy atom. The van der Waals surface area contributed by atoms with Gasteiger partial charge >= 0.3 is 0 Å². The van der Waals surface area contributed by atoms with E-state index in [9.17, 15) is 4.79 Å². The minimum atomic E-state index is 0.197. The molecular weight excluding hydrogens is 200 g/mol. The summed E-state index contributed by atoms with van der Waals surface area (Å²) in [6.07, 6.45) is 1.43. The van der Waals surface area contributed by atoms with E-state index in [1.807, 2.05) is 17.0 Å². The second-order valence-corrected chi connectivity index (χ2v) is 4.49. The zero-order valence-corrected chi connectivity index (χ0v) is 9.65. The van der Waals surface area contributed by atoms with Crippen LogP contribution in [-0.2, 0) is 11.2 Å². The van der Waals surface area contributed by atoms with Crippen molar-refractivity contribution in [2.24, 2.45) is 5.73 Å². The molecule has 0 unspecified atom stereocenters. The molecule has 1 aliphatic rings. The van der Waals surface area contributed by atoms with Gasteiger partial charge < -0.3 is 10.6 Å². The number of aryl methyl sites for hydroxylation is 2. The summed E-state index contributed by atoms with van der Waals surface area (Å²) in [7, 11) is 0. The van der Waals surface area contributed by atoms with Gasteiger partial charge in [-0.3, -0.25) is 4.79 Å². The SMILES string of the molecule is Cc1ccccc1CCC(=O)N1CC(N)C1. The monoisotopic (exact) mass is 218 g/mol. The van der Waals surface area contributed by atoms with E-state index in [-0.39, 0.29) is 11.9 Å². The maximum atomic E-state index is 11.7. The lowest BCUT2D eigenvalue weighted by Gasteiger charge is -2.37. The Hall–Kier alpha value is -1.35. The van der Waals surface area contributed by atoms with Crippen LogP contribution in [0.25, 0.3) is 0 Å². The molecule has 3 heteroatoms. The molecule has 3 nitrogen and oxygen atoms in total. The van der Waals surface area contributed by atoms with Crippen LogP contribution in [-0.4, -0.2) is 29.9 Å². The number of carbonyl (C=O) groups excluding carboxylic acids is 1. The molecule has 0 bridgehead atoms. The Bertz CT molecular complexity index is 383. The highest BCUT2D eigenvalue weighted by Gasteiger charge is 2.26. The third-order valence-corrected chi connectivity index (χ3v) is 3.13. The van der Waals surface area contributed by atoms with Crippen LogP contribution in [0.2, 0.25) is 0 Å². The molecule has 0 spiro atoms.